The Balaban J connectivity index is 2.66. The second-order valence-electron chi connectivity index (χ2n) is 3.29. The number of benzene rings is 1. The third-order valence-corrected chi connectivity index (χ3v) is 2.06. The van der Waals surface area contributed by atoms with Crippen molar-refractivity contribution in [2.75, 3.05) is 6.54 Å². The van der Waals surface area contributed by atoms with Crippen LogP contribution >= 0.6 is 0 Å². The second-order valence-corrected chi connectivity index (χ2v) is 3.29. The summed E-state index contributed by atoms with van der Waals surface area (Å²) in [7, 11) is 0. The molecule has 0 fully saturated rings. The van der Waals surface area contributed by atoms with E-state index in [1.807, 2.05) is 32.0 Å². The van der Waals surface area contributed by atoms with E-state index in [0.29, 0.717) is 6.61 Å². The molecule has 0 aliphatic carbocycles. The molecule has 0 amide bonds. The molecule has 0 radical (unpaired) electrons. The maximum Gasteiger partial charge on any atom is 0.320 e. The molecule has 0 aromatic heterocycles. The Morgan fingerprint density at radius 1 is 1.43 bits per heavy atom. The average Bonchev–Trinajstić information content (AvgIpc) is 2.19. The minimum atomic E-state index is -0.370. The third-order valence-electron chi connectivity index (χ3n) is 2.06. The third kappa shape index (κ3) is 2.85. The van der Waals surface area contributed by atoms with E-state index in [4.69, 9.17) is 10.5 Å². The lowest BCUT2D eigenvalue weighted by molar-refractivity contribution is -0.143. The van der Waals surface area contributed by atoms with Gasteiger partial charge >= 0.3 is 5.97 Å². The number of esters is 1. The molecule has 3 heteroatoms. The van der Waals surface area contributed by atoms with Crippen molar-refractivity contribution in [2.24, 2.45) is 5.73 Å². The highest BCUT2D eigenvalue weighted by atomic mass is 16.5. The predicted octanol–water partition coefficient (Wildman–Crippen LogP) is 1.31. The number of carbonyl (C=O) groups excluding carboxylic acids is 1. The van der Waals surface area contributed by atoms with Gasteiger partial charge in [0.25, 0.3) is 0 Å². The number of hydrogen-bond acceptors (Lipinski definition) is 3. The van der Waals surface area contributed by atoms with Crippen molar-refractivity contribution < 1.29 is 9.53 Å². The summed E-state index contributed by atoms with van der Waals surface area (Å²) >= 11 is 0. The largest absolute Gasteiger partial charge is 0.460 e. The number of ether oxygens (including phenoxy) is 1. The fourth-order valence-electron chi connectivity index (χ4n) is 1.17. The summed E-state index contributed by atoms with van der Waals surface area (Å²) in [5.74, 6) is -0.370. The van der Waals surface area contributed by atoms with E-state index in [-0.39, 0.29) is 12.5 Å². The van der Waals surface area contributed by atoms with Gasteiger partial charge in [-0.1, -0.05) is 23.8 Å². The first kappa shape index (κ1) is 10.7. The van der Waals surface area contributed by atoms with Gasteiger partial charge in [-0.25, -0.2) is 0 Å². The summed E-state index contributed by atoms with van der Waals surface area (Å²) in [5.41, 5.74) is 8.45. The smallest absolute Gasteiger partial charge is 0.320 e. The highest BCUT2D eigenvalue weighted by molar-refractivity contribution is 5.71. The van der Waals surface area contributed by atoms with Gasteiger partial charge in [-0.05, 0) is 25.0 Å². The van der Waals surface area contributed by atoms with Crippen molar-refractivity contribution in [3.05, 3.63) is 34.9 Å². The van der Waals surface area contributed by atoms with Gasteiger partial charge in [0.05, 0.1) is 6.54 Å². The van der Waals surface area contributed by atoms with Crippen LogP contribution in [0.25, 0.3) is 0 Å². The fraction of sp³-hybridized carbons (Fsp3) is 0.364. The van der Waals surface area contributed by atoms with Crippen molar-refractivity contribution in [3.8, 4) is 0 Å². The molecule has 1 aromatic rings. The standard InChI is InChI=1S/C11H15NO2/c1-8-3-4-9(2)10(5-8)7-14-11(13)6-12/h3-5H,6-7,12H2,1-2H3. The van der Waals surface area contributed by atoms with E-state index < -0.39 is 0 Å². The van der Waals surface area contributed by atoms with Crippen LogP contribution in [0.15, 0.2) is 18.2 Å². The number of nitrogens with two attached hydrogens (primary N) is 1. The van der Waals surface area contributed by atoms with Crippen LogP contribution in [0.5, 0.6) is 0 Å². The maximum absolute atomic E-state index is 10.8. The van der Waals surface area contributed by atoms with Crippen LogP contribution in [0, 0.1) is 13.8 Å². The first-order chi connectivity index (χ1) is 6.63. The Hall–Kier alpha value is -1.35. The van der Waals surface area contributed by atoms with Crippen molar-refractivity contribution in [3.63, 3.8) is 0 Å². The zero-order chi connectivity index (χ0) is 10.6. The SMILES string of the molecule is Cc1ccc(C)c(COC(=O)CN)c1. The van der Waals surface area contributed by atoms with Crippen LogP contribution in [-0.4, -0.2) is 12.5 Å². The van der Waals surface area contributed by atoms with Crippen LogP contribution in [0.1, 0.15) is 16.7 Å². The van der Waals surface area contributed by atoms with Gasteiger partial charge in [-0.15, -0.1) is 0 Å². The molecule has 0 spiro atoms. The van der Waals surface area contributed by atoms with Crippen molar-refractivity contribution in [1.29, 1.82) is 0 Å². The quantitative estimate of drug-likeness (QED) is 0.736. The molecule has 0 saturated carbocycles. The van der Waals surface area contributed by atoms with E-state index in [0.717, 1.165) is 16.7 Å². The molecule has 0 heterocycles. The summed E-state index contributed by atoms with van der Waals surface area (Å²) in [4.78, 5) is 10.8. The Labute approximate surface area is 83.9 Å². The van der Waals surface area contributed by atoms with Gasteiger partial charge in [0, 0.05) is 0 Å². The molecule has 0 atom stereocenters. The van der Waals surface area contributed by atoms with Gasteiger partial charge in [0.15, 0.2) is 0 Å². The zero-order valence-corrected chi connectivity index (χ0v) is 8.54. The highest BCUT2D eigenvalue weighted by Gasteiger charge is 2.02. The van der Waals surface area contributed by atoms with Crippen molar-refractivity contribution >= 4 is 5.97 Å². The summed E-state index contributed by atoms with van der Waals surface area (Å²) in [5, 5.41) is 0. The lowest BCUT2D eigenvalue weighted by Crippen LogP contribution is -2.16. The minimum Gasteiger partial charge on any atom is -0.460 e. The molecule has 3 nitrogen and oxygen atoms in total. The van der Waals surface area contributed by atoms with Crippen LogP contribution in [-0.2, 0) is 16.1 Å². The van der Waals surface area contributed by atoms with Gasteiger partial charge < -0.3 is 10.5 Å². The molecule has 1 aromatic carbocycles. The van der Waals surface area contributed by atoms with Gasteiger partial charge in [-0.3, -0.25) is 4.79 Å². The lowest BCUT2D eigenvalue weighted by atomic mass is 10.1. The van der Waals surface area contributed by atoms with Gasteiger partial charge in [-0.2, -0.15) is 0 Å². The van der Waals surface area contributed by atoms with Crippen LogP contribution in [0.2, 0.25) is 0 Å². The van der Waals surface area contributed by atoms with Crippen molar-refractivity contribution in [1.82, 2.24) is 0 Å². The summed E-state index contributed by atoms with van der Waals surface area (Å²) in [6.07, 6.45) is 0. The molecule has 0 aliphatic rings. The molecule has 76 valence electrons. The van der Waals surface area contributed by atoms with E-state index in [1.165, 1.54) is 0 Å². The molecular formula is C11H15NO2. The van der Waals surface area contributed by atoms with Crippen LogP contribution in [0.4, 0.5) is 0 Å². The minimum absolute atomic E-state index is 0.0646. The summed E-state index contributed by atoms with van der Waals surface area (Å²) in [6.45, 7) is 4.24. The summed E-state index contributed by atoms with van der Waals surface area (Å²) in [6, 6.07) is 6.06. The topological polar surface area (TPSA) is 52.3 Å². The Kier molecular flexibility index (Phi) is 3.65. The monoisotopic (exact) mass is 193 g/mol. The number of rotatable bonds is 3. The number of hydrogen-bond donors (Lipinski definition) is 1. The van der Waals surface area contributed by atoms with E-state index in [1.54, 1.807) is 0 Å². The number of carbonyl (C=O) groups is 1. The van der Waals surface area contributed by atoms with Gasteiger partial charge in [0.2, 0.25) is 0 Å². The molecule has 0 unspecified atom stereocenters. The van der Waals surface area contributed by atoms with Crippen LogP contribution in [0.3, 0.4) is 0 Å². The van der Waals surface area contributed by atoms with Crippen molar-refractivity contribution in [2.45, 2.75) is 20.5 Å². The molecule has 0 bridgehead atoms. The molecule has 0 saturated heterocycles. The fourth-order valence-corrected chi connectivity index (χ4v) is 1.17. The summed E-state index contributed by atoms with van der Waals surface area (Å²) < 4.78 is 4.95. The normalized spacial score (nSPS) is 9.93. The predicted molar refractivity (Wildman–Crippen MR) is 54.8 cm³/mol. The first-order valence-corrected chi connectivity index (χ1v) is 4.55. The van der Waals surface area contributed by atoms with E-state index >= 15 is 0 Å². The molecular weight excluding hydrogens is 178 g/mol. The highest BCUT2D eigenvalue weighted by Crippen LogP contribution is 2.11. The molecule has 1 rings (SSSR count). The first-order valence-electron chi connectivity index (χ1n) is 4.55. The zero-order valence-electron chi connectivity index (χ0n) is 8.54. The van der Waals surface area contributed by atoms with Gasteiger partial charge in [0.1, 0.15) is 6.61 Å². The molecule has 0 aliphatic heterocycles. The molecule has 2 N–H and O–H groups in total. The second kappa shape index (κ2) is 4.77. The number of aryl methyl sites for hydroxylation is 2. The van der Waals surface area contributed by atoms with E-state index in [9.17, 15) is 4.79 Å². The maximum atomic E-state index is 10.8. The Bertz CT molecular complexity index is 334. The Morgan fingerprint density at radius 3 is 2.79 bits per heavy atom. The molecule has 14 heavy (non-hydrogen) atoms. The Morgan fingerprint density at radius 2 is 2.14 bits per heavy atom. The lowest BCUT2D eigenvalue weighted by Gasteiger charge is -2.07. The van der Waals surface area contributed by atoms with Crippen LogP contribution < -0.4 is 5.73 Å². The average molecular weight is 193 g/mol. The van der Waals surface area contributed by atoms with E-state index in [2.05, 4.69) is 0 Å².